The average molecular weight is 427 g/mol. The highest BCUT2D eigenvalue weighted by Gasteiger charge is 2.33. The van der Waals surface area contributed by atoms with Gasteiger partial charge in [-0.1, -0.05) is 44.2 Å². The number of allylic oxidation sites excluding steroid dienone is 4. The van der Waals surface area contributed by atoms with Gasteiger partial charge in [0.2, 0.25) is 0 Å². The van der Waals surface area contributed by atoms with E-state index in [9.17, 15) is 13.8 Å². The molecule has 1 aliphatic carbocycles. The zero-order valence-electron chi connectivity index (χ0n) is 17.4. The second kappa shape index (κ2) is 8.52. The summed E-state index contributed by atoms with van der Waals surface area (Å²) in [4.78, 5) is 14.3. The minimum Gasteiger partial charge on any atom is -0.318 e. The van der Waals surface area contributed by atoms with Crippen LogP contribution < -0.4 is 5.30 Å². The molecule has 7 heteroatoms. The van der Waals surface area contributed by atoms with Crippen LogP contribution in [0.4, 0.5) is 4.39 Å². The minimum atomic E-state index is -2.77. The molecule has 1 amide bonds. The summed E-state index contributed by atoms with van der Waals surface area (Å²) in [5.74, 6) is -0.505. The number of fused-ring (bicyclic) bond motifs is 1. The molecule has 1 aromatic rings. The van der Waals surface area contributed by atoms with Gasteiger partial charge in [-0.3, -0.25) is 4.79 Å². The Bertz CT molecular complexity index is 1010. The summed E-state index contributed by atoms with van der Waals surface area (Å²) in [6.45, 7) is 6.80. The van der Waals surface area contributed by atoms with E-state index in [0.717, 1.165) is 30.8 Å². The third-order valence-corrected chi connectivity index (χ3v) is 8.96. The SMILES string of the molecule is CC(C)CN1CCP(=O)(c2cc(CC3=C4C=CC=CC4C(=O)N=N3)ccc2F)CC1. The van der Waals surface area contributed by atoms with Crippen LogP contribution in [0.15, 0.2) is 64.0 Å². The standard InChI is InChI=1S/C23H27FN3O2P/c1-16(2)15-27-9-11-30(29,12-10-27)22-14-17(7-8-20(22)24)13-21-18-5-3-4-6-19(18)23(28)26-25-21/h3-8,14,16,19H,9-13,15H2,1-2H3. The Labute approximate surface area is 176 Å². The van der Waals surface area contributed by atoms with Crippen LogP contribution >= 0.6 is 7.14 Å². The van der Waals surface area contributed by atoms with E-state index in [1.165, 1.54) is 6.07 Å². The lowest BCUT2D eigenvalue weighted by Crippen LogP contribution is -2.39. The Hall–Kier alpha value is -2.17. The Balaban J connectivity index is 1.57. The average Bonchev–Trinajstić information content (AvgIpc) is 2.73. The van der Waals surface area contributed by atoms with Gasteiger partial charge in [-0.25, -0.2) is 4.39 Å². The lowest BCUT2D eigenvalue weighted by atomic mass is 9.89. The third-order valence-electron chi connectivity index (χ3n) is 5.89. The third kappa shape index (κ3) is 4.30. The monoisotopic (exact) mass is 427 g/mol. The first-order chi connectivity index (χ1) is 14.4. The van der Waals surface area contributed by atoms with E-state index >= 15 is 0 Å². The van der Waals surface area contributed by atoms with Crippen molar-refractivity contribution in [2.24, 2.45) is 22.1 Å². The second-order valence-corrected chi connectivity index (χ2v) is 11.8. The molecule has 0 spiro atoms. The Morgan fingerprint density at radius 3 is 2.70 bits per heavy atom. The molecule has 30 heavy (non-hydrogen) atoms. The van der Waals surface area contributed by atoms with E-state index in [-0.39, 0.29) is 5.91 Å². The van der Waals surface area contributed by atoms with Crippen molar-refractivity contribution in [2.75, 3.05) is 32.0 Å². The van der Waals surface area contributed by atoms with Gasteiger partial charge in [0.1, 0.15) is 13.0 Å². The summed E-state index contributed by atoms with van der Waals surface area (Å²) in [7, 11) is -2.77. The summed E-state index contributed by atoms with van der Waals surface area (Å²) in [6, 6.07) is 4.86. The number of azo groups is 1. The van der Waals surface area contributed by atoms with Crippen LogP contribution in [-0.4, -0.2) is 42.8 Å². The molecule has 158 valence electrons. The van der Waals surface area contributed by atoms with Crippen LogP contribution in [0.2, 0.25) is 0 Å². The van der Waals surface area contributed by atoms with Crippen molar-refractivity contribution < 1.29 is 13.8 Å². The molecule has 0 N–H and O–H groups in total. The maximum absolute atomic E-state index is 14.7. The maximum atomic E-state index is 14.7. The van der Waals surface area contributed by atoms with Gasteiger partial charge < -0.3 is 9.46 Å². The van der Waals surface area contributed by atoms with E-state index in [1.807, 2.05) is 24.3 Å². The summed E-state index contributed by atoms with van der Waals surface area (Å²) >= 11 is 0. The van der Waals surface area contributed by atoms with Gasteiger partial charge in [0.05, 0.1) is 11.6 Å². The number of carbonyl (C=O) groups excluding carboxylic acids is 1. The fraction of sp³-hybridized carbons (Fsp3) is 0.435. The van der Waals surface area contributed by atoms with E-state index in [4.69, 9.17) is 0 Å². The quantitative estimate of drug-likeness (QED) is 0.658. The van der Waals surface area contributed by atoms with Gasteiger partial charge in [0.15, 0.2) is 0 Å². The molecule has 2 aliphatic heterocycles. The Morgan fingerprint density at radius 2 is 1.97 bits per heavy atom. The van der Waals surface area contributed by atoms with E-state index in [1.54, 1.807) is 12.1 Å². The molecule has 1 fully saturated rings. The molecule has 0 aromatic heterocycles. The number of hydrogen-bond donors (Lipinski definition) is 0. The van der Waals surface area contributed by atoms with Crippen molar-refractivity contribution in [3.05, 3.63) is 65.2 Å². The topological polar surface area (TPSA) is 62.1 Å². The first kappa shape index (κ1) is 21.1. The largest absolute Gasteiger partial charge is 0.318 e. The summed E-state index contributed by atoms with van der Waals surface area (Å²) in [5.41, 5.74) is 2.36. The summed E-state index contributed by atoms with van der Waals surface area (Å²) in [5, 5.41) is 8.24. The number of carbonyl (C=O) groups is 1. The molecule has 5 nitrogen and oxygen atoms in total. The fourth-order valence-corrected chi connectivity index (χ4v) is 7.13. The zero-order valence-corrected chi connectivity index (χ0v) is 18.3. The zero-order chi connectivity index (χ0) is 21.3. The Morgan fingerprint density at radius 1 is 1.20 bits per heavy atom. The molecular weight excluding hydrogens is 400 g/mol. The van der Waals surface area contributed by atoms with Crippen molar-refractivity contribution in [1.82, 2.24) is 4.90 Å². The molecule has 1 aromatic carbocycles. The second-order valence-electron chi connectivity index (χ2n) is 8.66. The van der Waals surface area contributed by atoms with Gasteiger partial charge in [0, 0.05) is 43.7 Å². The van der Waals surface area contributed by atoms with Crippen LogP contribution in [-0.2, 0) is 15.8 Å². The summed E-state index contributed by atoms with van der Waals surface area (Å²) < 4.78 is 28.3. The van der Waals surface area contributed by atoms with E-state index in [0.29, 0.717) is 35.7 Å². The first-order valence-electron chi connectivity index (χ1n) is 10.5. The van der Waals surface area contributed by atoms with Crippen LogP contribution in [0, 0.1) is 17.7 Å². The highest BCUT2D eigenvalue weighted by molar-refractivity contribution is 7.71. The van der Waals surface area contributed by atoms with Crippen molar-refractivity contribution in [3.63, 3.8) is 0 Å². The molecule has 2 heterocycles. The lowest BCUT2D eigenvalue weighted by molar-refractivity contribution is -0.120. The number of rotatable bonds is 5. The van der Waals surface area contributed by atoms with Gasteiger partial charge in [-0.15, -0.1) is 5.11 Å². The van der Waals surface area contributed by atoms with Crippen LogP contribution in [0.5, 0.6) is 0 Å². The van der Waals surface area contributed by atoms with Crippen molar-refractivity contribution in [1.29, 1.82) is 0 Å². The smallest absolute Gasteiger partial charge is 0.275 e. The highest BCUT2D eigenvalue weighted by Crippen LogP contribution is 2.47. The van der Waals surface area contributed by atoms with Crippen LogP contribution in [0.3, 0.4) is 0 Å². The summed E-state index contributed by atoms with van der Waals surface area (Å²) in [6.07, 6.45) is 8.85. The van der Waals surface area contributed by atoms with E-state index in [2.05, 4.69) is 29.0 Å². The number of benzene rings is 1. The number of hydrogen-bond acceptors (Lipinski definition) is 4. The van der Waals surface area contributed by atoms with Crippen molar-refractivity contribution in [3.8, 4) is 0 Å². The van der Waals surface area contributed by atoms with Crippen LogP contribution in [0.1, 0.15) is 19.4 Å². The van der Waals surface area contributed by atoms with E-state index < -0.39 is 18.9 Å². The normalized spacial score (nSPS) is 23.3. The maximum Gasteiger partial charge on any atom is 0.275 e. The van der Waals surface area contributed by atoms with Crippen molar-refractivity contribution in [2.45, 2.75) is 20.3 Å². The fourth-order valence-electron chi connectivity index (χ4n) is 4.34. The minimum absolute atomic E-state index is 0.272. The van der Waals surface area contributed by atoms with Gasteiger partial charge in [-0.05, 0) is 29.2 Å². The predicted octanol–water partition coefficient (Wildman–Crippen LogP) is 4.32. The molecule has 3 aliphatic rings. The molecule has 1 unspecified atom stereocenters. The molecule has 1 atom stereocenters. The molecule has 1 saturated heterocycles. The predicted molar refractivity (Wildman–Crippen MR) is 117 cm³/mol. The van der Waals surface area contributed by atoms with Crippen LogP contribution in [0.25, 0.3) is 0 Å². The highest BCUT2D eigenvalue weighted by atomic mass is 31.2. The number of nitrogens with zero attached hydrogens (tertiary/aromatic N) is 3. The molecule has 0 radical (unpaired) electrons. The molecule has 4 rings (SSSR count). The number of amides is 1. The molecular formula is C23H27FN3O2P. The van der Waals surface area contributed by atoms with Gasteiger partial charge in [-0.2, -0.15) is 5.11 Å². The van der Waals surface area contributed by atoms with Gasteiger partial charge in [0.25, 0.3) is 5.91 Å². The van der Waals surface area contributed by atoms with Crippen molar-refractivity contribution >= 4 is 18.4 Å². The Kier molecular flexibility index (Phi) is 5.99. The number of halogens is 1. The first-order valence-corrected chi connectivity index (χ1v) is 12.6. The molecule has 0 bridgehead atoms. The lowest BCUT2D eigenvalue weighted by Gasteiger charge is -2.33. The molecule has 0 saturated carbocycles. The van der Waals surface area contributed by atoms with Gasteiger partial charge >= 0.3 is 0 Å².